The fourth-order valence-electron chi connectivity index (χ4n) is 2.18. The topological polar surface area (TPSA) is 40.5 Å². The van der Waals surface area contributed by atoms with E-state index >= 15 is 0 Å². The largest absolute Gasteiger partial charge is 0.481 e. The summed E-state index contributed by atoms with van der Waals surface area (Å²) in [5.41, 5.74) is 0. The van der Waals surface area contributed by atoms with E-state index in [-0.39, 0.29) is 0 Å². The molecule has 1 saturated heterocycles. The summed E-state index contributed by atoms with van der Waals surface area (Å²) in [6, 6.07) is 0.704. The Bertz CT molecular complexity index is 213. The predicted octanol–water partition coefficient (Wildman–Crippen LogP) is 1.73. The van der Waals surface area contributed by atoms with Crippen molar-refractivity contribution in [2.24, 2.45) is 5.92 Å². The van der Waals surface area contributed by atoms with Crippen LogP contribution in [0.5, 0.6) is 0 Å². The van der Waals surface area contributed by atoms with Crippen molar-refractivity contribution in [3.05, 3.63) is 0 Å². The van der Waals surface area contributed by atoms with E-state index in [0.717, 1.165) is 18.8 Å². The van der Waals surface area contributed by atoms with E-state index in [1.807, 2.05) is 0 Å². The van der Waals surface area contributed by atoms with Crippen LogP contribution in [0.1, 0.15) is 38.5 Å². The van der Waals surface area contributed by atoms with Gasteiger partial charge in [-0.3, -0.25) is 4.79 Å². The Morgan fingerprint density at radius 1 is 1.36 bits per heavy atom. The first-order chi connectivity index (χ1) is 6.75. The van der Waals surface area contributed by atoms with Crippen molar-refractivity contribution in [3.63, 3.8) is 0 Å². The van der Waals surface area contributed by atoms with Gasteiger partial charge in [0.2, 0.25) is 0 Å². The molecule has 3 heteroatoms. The second-order valence-corrected chi connectivity index (χ2v) is 4.67. The third kappa shape index (κ3) is 2.71. The van der Waals surface area contributed by atoms with Crippen molar-refractivity contribution < 1.29 is 9.90 Å². The number of rotatable bonds is 6. The van der Waals surface area contributed by atoms with Gasteiger partial charge in [-0.25, -0.2) is 0 Å². The fraction of sp³-hybridized carbons (Fsp3) is 0.909. The van der Waals surface area contributed by atoms with E-state index in [0.29, 0.717) is 12.5 Å². The molecular formula is C11H19NO2. The highest BCUT2D eigenvalue weighted by atomic mass is 16.4. The number of nitrogens with zero attached hydrogens (tertiary/aromatic N) is 1. The molecule has 14 heavy (non-hydrogen) atoms. The molecule has 1 N–H and O–H groups in total. The van der Waals surface area contributed by atoms with Gasteiger partial charge in [0.25, 0.3) is 0 Å². The Hall–Kier alpha value is -0.570. The standard InChI is InChI=1S/C11H19NO2/c13-11(14)3-1-2-10-6-7-12(10)8-9-4-5-9/h9-10H,1-8H2,(H,13,14). The highest BCUT2D eigenvalue weighted by Crippen LogP contribution is 2.33. The summed E-state index contributed by atoms with van der Waals surface area (Å²) in [5, 5.41) is 8.52. The SMILES string of the molecule is O=C(O)CCCC1CCN1CC1CC1. The van der Waals surface area contributed by atoms with Crippen LogP contribution in [0.2, 0.25) is 0 Å². The summed E-state index contributed by atoms with van der Waals surface area (Å²) in [5.74, 6) is 0.315. The zero-order valence-electron chi connectivity index (χ0n) is 8.61. The molecule has 0 radical (unpaired) electrons. The van der Waals surface area contributed by atoms with Crippen LogP contribution in [0.4, 0.5) is 0 Å². The first kappa shape index (κ1) is 9.97. The normalized spacial score (nSPS) is 27.3. The van der Waals surface area contributed by atoms with Gasteiger partial charge >= 0.3 is 5.97 Å². The molecule has 0 amide bonds. The quantitative estimate of drug-likeness (QED) is 0.705. The average molecular weight is 197 g/mol. The second kappa shape index (κ2) is 4.30. The van der Waals surface area contributed by atoms with Crippen LogP contribution in [0.15, 0.2) is 0 Å². The summed E-state index contributed by atoms with van der Waals surface area (Å²) in [4.78, 5) is 12.9. The van der Waals surface area contributed by atoms with Gasteiger partial charge in [0, 0.05) is 19.0 Å². The molecule has 2 aliphatic rings. The first-order valence-electron chi connectivity index (χ1n) is 5.71. The van der Waals surface area contributed by atoms with Crippen molar-refractivity contribution in [1.82, 2.24) is 4.90 Å². The summed E-state index contributed by atoms with van der Waals surface area (Å²) in [6.45, 7) is 2.52. The van der Waals surface area contributed by atoms with Gasteiger partial charge in [0.1, 0.15) is 0 Å². The molecule has 0 aromatic carbocycles. The lowest BCUT2D eigenvalue weighted by Gasteiger charge is -2.41. The van der Waals surface area contributed by atoms with Crippen LogP contribution in [0.25, 0.3) is 0 Å². The van der Waals surface area contributed by atoms with E-state index in [1.165, 1.54) is 32.4 Å². The number of hydrogen-bond donors (Lipinski definition) is 1. The summed E-state index contributed by atoms with van der Waals surface area (Å²) < 4.78 is 0. The molecule has 2 fully saturated rings. The molecule has 0 spiro atoms. The lowest BCUT2D eigenvalue weighted by atomic mass is 9.96. The Morgan fingerprint density at radius 3 is 2.64 bits per heavy atom. The maximum absolute atomic E-state index is 10.3. The van der Waals surface area contributed by atoms with Gasteiger partial charge in [-0.05, 0) is 44.6 Å². The minimum atomic E-state index is -0.655. The number of hydrogen-bond acceptors (Lipinski definition) is 2. The molecule has 1 atom stereocenters. The number of aliphatic carboxylic acids is 1. The molecule has 80 valence electrons. The molecule has 1 saturated carbocycles. The molecule has 0 aromatic rings. The second-order valence-electron chi connectivity index (χ2n) is 4.67. The van der Waals surface area contributed by atoms with Crippen LogP contribution in [-0.4, -0.2) is 35.1 Å². The molecule has 2 rings (SSSR count). The number of carboxylic acid groups (broad SMARTS) is 1. The summed E-state index contributed by atoms with van der Waals surface area (Å²) in [6.07, 6.45) is 6.39. The monoisotopic (exact) mass is 197 g/mol. The minimum Gasteiger partial charge on any atom is -0.481 e. The van der Waals surface area contributed by atoms with E-state index in [4.69, 9.17) is 5.11 Å². The van der Waals surface area contributed by atoms with Crippen molar-refractivity contribution in [2.75, 3.05) is 13.1 Å². The van der Waals surface area contributed by atoms with Crippen LogP contribution in [-0.2, 0) is 4.79 Å². The van der Waals surface area contributed by atoms with Gasteiger partial charge in [-0.2, -0.15) is 0 Å². The lowest BCUT2D eigenvalue weighted by Crippen LogP contribution is -2.48. The van der Waals surface area contributed by atoms with Gasteiger partial charge in [-0.1, -0.05) is 0 Å². The van der Waals surface area contributed by atoms with Gasteiger partial charge in [0.05, 0.1) is 0 Å². The third-order valence-corrected chi connectivity index (χ3v) is 3.38. The Morgan fingerprint density at radius 2 is 2.14 bits per heavy atom. The zero-order chi connectivity index (χ0) is 9.97. The minimum absolute atomic E-state index is 0.341. The number of carbonyl (C=O) groups is 1. The Balaban J connectivity index is 1.58. The molecule has 0 aromatic heterocycles. The molecule has 1 aliphatic carbocycles. The summed E-state index contributed by atoms with van der Waals surface area (Å²) >= 11 is 0. The van der Waals surface area contributed by atoms with Crippen LogP contribution in [0, 0.1) is 5.92 Å². The van der Waals surface area contributed by atoms with Crippen molar-refractivity contribution in [3.8, 4) is 0 Å². The van der Waals surface area contributed by atoms with E-state index < -0.39 is 5.97 Å². The molecule has 3 nitrogen and oxygen atoms in total. The van der Waals surface area contributed by atoms with Gasteiger partial charge in [-0.15, -0.1) is 0 Å². The van der Waals surface area contributed by atoms with Crippen molar-refractivity contribution >= 4 is 5.97 Å². The molecule has 0 bridgehead atoms. The van der Waals surface area contributed by atoms with Crippen LogP contribution >= 0.6 is 0 Å². The van der Waals surface area contributed by atoms with E-state index in [1.54, 1.807) is 0 Å². The molecule has 1 aliphatic heterocycles. The highest BCUT2D eigenvalue weighted by molar-refractivity contribution is 5.66. The predicted molar refractivity (Wildman–Crippen MR) is 54.2 cm³/mol. The van der Waals surface area contributed by atoms with Crippen molar-refractivity contribution in [1.29, 1.82) is 0 Å². The highest BCUT2D eigenvalue weighted by Gasteiger charge is 2.32. The van der Waals surface area contributed by atoms with Gasteiger partial charge < -0.3 is 10.0 Å². The van der Waals surface area contributed by atoms with E-state index in [9.17, 15) is 4.79 Å². The maximum Gasteiger partial charge on any atom is 0.303 e. The first-order valence-corrected chi connectivity index (χ1v) is 5.71. The van der Waals surface area contributed by atoms with Crippen molar-refractivity contribution in [2.45, 2.75) is 44.6 Å². The Labute approximate surface area is 85.1 Å². The third-order valence-electron chi connectivity index (χ3n) is 3.38. The zero-order valence-corrected chi connectivity index (χ0v) is 8.61. The van der Waals surface area contributed by atoms with Gasteiger partial charge in [0.15, 0.2) is 0 Å². The number of carboxylic acids is 1. The summed E-state index contributed by atoms with van der Waals surface area (Å²) in [7, 11) is 0. The molecular weight excluding hydrogens is 178 g/mol. The maximum atomic E-state index is 10.3. The lowest BCUT2D eigenvalue weighted by molar-refractivity contribution is -0.137. The number of likely N-dealkylation sites (tertiary alicyclic amines) is 1. The molecule has 1 heterocycles. The smallest absolute Gasteiger partial charge is 0.303 e. The average Bonchev–Trinajstić information content (AvgIpc) is 2.89. The Kier molecular flexibility index (Phi) is 3.06. The van der Waals surface area contributed by atoms with Crippen LogP contribution in [0.3, 0.4) is 0 Å². The van der Waals surface area contributed by atoms with Crippen LogP contribution < -0.4 is 0 Å². The molecule has 1 unspecified atom stereocenters. The van der Waals surface area contributed by atoms with E-state index in [2.05, 4.69) is 4.90 Å². The fourth-order valence-corrected chi connectivity index (χ4v) is 2.18.